The monoisotopic (exact) mass is 366 g/mol. The maximum atomic E-state index is 12.4. The van der Waals surface area contributed by atoms with Crippen molar-refractivity contribution in [2.75, 3.05) is 0 Å². The number of Topliss-reactive ketones (excluding diaryl/α,β-unsaturated/α-hetero) is 1. The SMILES string of the molecule is Cc1ccc(S(=O)(=O)[C@H](Br)CC(=O)c2ccccc2)cc1. The summed E-state index contributed by atoms with van der Waals surface area (Å²) >= 11 is 3.14. The predicted octanol–water partition coefficient (Wildman–Crippen LogP) is 3.76. The zero-order chi connectivity index (χ0) is 15.5. The number of carbonyl (C=O) groups is 1. The summed E-state index contributed by atoms with van der Waals surface area (Å²) < 4.78 is 23.9. The van der Waals surface area contributed by atoms with Gasteiger partial charge in [-0.3, -0.25) is 4.79 Å². The molecule has 0 fully saturated rings. The summed E-state index contributed by atoms with van der Waals surface area (Å²) in [7, 11) is -3.56. The van der Waals surface area contributed by atoms with Crippen LogP contribution in [0.1, 0.15) is 22.3 Å². The number of alkyl halides is 1. The highest BCUT2D eigenvalue weighted by Gasteiger charge is 2.27. The van der Waals surface area contributed by atoms with Crippen LogP contribution in [0.25, 0.3) is 0 Å². The molecule has 0 aliphatic heterocycles. The Morgan fingerprint density at radius 1 is 1.05 bits per heavy atom. The second kappa shape index (κ2) is 6.54. The molecule has 0 heterocycles. The largest absolute Gasteiger partial charge is 0.294 e. The third-order valence-corrected chi connectivity index (χ3v) is 6.70. The molecule has 0 amide bonds. The Morgan fingerprint density at radius 2 is 1.62 bits per heavy atom. The summed E-state index contributed by atoms with van der Waals surface area (Å²) in [6.07, 6.45) is -0.0970. The van der Waals surface area contributed by atoms with Crippen molar-refractivity contribution in [3.8, 4) is 0 Å². The van der Waals surface area contributed by atoms with Gasteiger partial charge in [0.15, 0.2) is 15.6 Å². The van der Waals surface area contributed by atoms with E-state index in [0.717, 1.165) is 5.56 Å². The minimum Gasteiger partial charge on any atom is -0.294 e. The molecule has 3 nitrogen and oxygen atoms in total. The highest BCUT2D eigenvalue weighted by Crippen LogP contribution is 2.24. The van der Waals surface area contributed by atoms with Gasteiger partial charge in [-0.05, 0) is 19.1 Å². The van der Waals surface area contributed by atoms with Crippen LogP contribution >= 0.6 is 15.9 Å². The van der Waals surface area contributed by atoms with Crippen molar-refractivity contribution in [2.45, 2.75) is 22.4 Å². The number of halogens is 1. The zero-order valence-electron chi connectivity index (χ0n) is 11.5. The fourth-order valence-electron chi connectivity index (χ4n) is 1.87. The first-order valence-electron chi connectivity index (χ1n) is 6.44. The summed E-state index contributed by atoms with van der Waals surface area (Å²) in [4.78, 5) is 12.3. The number of rotatable bonds is 5. The molecule has 2 aromatic carbocycles. The Bertz CT molecular complexity index is 722. The first-order chi connectivity index (χ1) is 9.91. The van der Waals surface area contributed by atoms with Gasteiger partial charge in [0.2, 0.25) is 0 Å². The van der Waals surface area contributed by atoms with E-state index in [9.17, 15) is 13.2 Å². The van der Waals surface area contributed by atoms with E-state index in [1.807, 2.05) is 13.0 Å². The van der Waals surface area contributed by atoms with Gasteiger partial charge in [0.05, 0.1) is 4.90 Å². The molecule has 0 aromatic heterocycles. The Balaban J connectivity index is 2.17. The second-order valence-corrected chi connectivity index (χ2v) is 8.60. The molecule has 0 spiro atoms. The molecular formula is C16H15BrO3S. The fourth-order valence-corrected chi connectivity index (χ4v) is 4.00. The quantitative estimate of drug-likeness (QED) is 0.597. The highest BCUT2D eigenvalue weighted by atomic mass is 79.9. The van der Waals surface area contributed by atoms with Crippen molar-refractivity contribution in [3.63, 3.8) is 0 Å². The molecule has 1 atom stereocenters. The summed E-state index contributed by atoms with van der Waals surface area (Å²) in [5, 5.41) is 0. The molecule has 0 saturated heterocycles. The summed E-state index contributed by atoms with van der Waals surface area (Å²) in [6, 6.07) is 15.3. The lowest BCUT2D eigenvalue weighted by Gasteiger charge is -2.11. The first-order valence-corrected chi connectivity index (χ1v) is 8.90. The maximum absolute atomic E-state index is 12.4. The summed E-state index contributed by atoms with van der Waals surface area (Å²) in [5.41, 5.74) is 1.50. The Morgan fingerprint density at radius 3 is 2.19 bits per heavy atom. The van der Waals surface area contributed by atoms with Crippen LogP contribution in [0.15, 0.2) is 59.5 Å². The van der Waals surface area contributed by atoms with E-state index in [4.69, 9.17) is 0 Å². The minimum atomic E-state index is -3.56. The lowest BCUT2D eigenvalue weighted by Crippen LogP contribution is -2.19. The molecule has 0 unspecified atom stereocenters. The van der Waals surface area contributed by atoms with Gasteiger partial charge in [-0.25, -0.2) is 8.42 Å². The van der Waals surface area contributed by atoms with E-state index in [2.05, 4.69) is 15.9 Å². The van der Waals surface area contributed by atoms with Crippen molar-refractivity contribution in [1.82, 2.24) is 0 Å². The number of hydrogen-bond acceptors (Lipinski definition) is 3. The van der Waals surface area contributed by atoms with Crippen LogP contribution in [0.2, 0.25) is 0 Å². The molecule has 110 valence electrons. The standard InChI is InChI=1S/C16H15BrO3S/c1-12-7-9-14(10-8-12)21(19,20)16(17)11-15(18)13-5-3-2-4-6-13/h2-10,16H,11H2,1H3/t16-/m0/s1. The zero-order valence-corrected chi connectivity index (χ0v) is 13.9. The van der Waals surface area contributed by atoms with Crippen molar-refractivity contribution >= 4 is 31.6 Å². The topological polar surface area (TPSA) is 51.2 Å². The Kier molecular flexibility index (Phi) is 4.96. The molecule has 2 aromatic rings. The molecule has 0 saturated carbocycles. The molecular weight excluding hydrogens is 352 g/mol. The Hall–Kier alpha value is -1.46. The van der Waals surface area contributed by atoms with Crippen LogP contribution in [0.4, 0.5) is 0 Å². The number of ketones is 1. The van der Waals surface area contributed by atoms with Gasteiger partial charge in [0, 0.05) is 12.0 Å². The molecule has 0 aliphatic carbocycles. The normalized spacial score (nSPS) is 12.9. The smallest absolute Gasteiger partial charge is 0.191 e. The third kappa shape index (κ3) is 3.80. The van der Waals surface area contributed by atoms with Gasteiger partial charge >= 0.3 is 0 Å². The van der Waals surface area contributed by atoms with Crippen LogP contribution in [-0.4, -0.2) is 18.4 Å². The van der Waals surface area contributed by atoms with E-state index in [0.29, 0.717) is 5.56 Å². The van der Waals surface area contributed by atoms with Crippen molar-refractivity contribution in [1.29, 1.82) is 0 Å². The molecule has 0 aliphatic rings. The minimum absolute atomic E-state index is 0.0970. The summed E-state index contributed by atoms with van der Waals surface area (Å²) in [5.74, 6) is -0.201. The van der Waals surface area contributed by atoms with Crippen LogP contribution in [-0.2, 0) is 9.84 Å². The number of hydrogen-bond donors (Lipinski definition) is 0. The van der Waals surface area contributed by atoms with Crippen LogP contribution in [0.3, 0.4) is 0 Å². The van der Waals surface area contributed by atoms with Crippen LogP contribution in [0, 0.1) is 6.92 Å². The predicted molar refractivity (Wildman–Crippen MR) is 86.5 cm³/mol. The lowest BCUT2D eigenvalue weighted by atomic mass is 10.1. The molecule has 21 heavy (non-hydrogen) atoms. The first kappa shape index (κ1) is 15.9. The summed E-state index contributed by atoms with van der Waals surface area (Å²) in [6.45, 7) is 1.89. The average molecular weight is 367 g/mol. The Labute approximate surface area is 133 Å². The van der Waals surface area contributed by atoms with E-state index in [-0.39, 0.29) is 17.1 Å². The third-order valence-electron chi connectivity index (χ3n) is 3.13. The number of benzene rings is 2. The number of sulfone groups is 1. The van der Waals surface area contributed by atoms with Crippen molar-refractivity contribution in [2.24, 2.45) is 0 Å². The number of carbonyl (C=O) groups excluding carboxylic acids is 1. The molecule has 5 heteroatoms. The van der Waals surface area contributed by atoms with Gasteiger partial charge in [-0.15, -0.1) is 0 Å². The van der Waals surface area contributed by atoms with E-state index >= 15 is 0 Å². The molecule has 0 bridgehead atoms. The van der Waals surface area contributed by atoms with E-state index < -0.39 is 14.0 Å². The van der Waals surface area contributed by atoms with Crippen molar-refractivity contribution < 1.29 is 13.2 Å². The van der Waals surface area contributed by atoms with Gasteiger partial charge in [0.1, 0.15) is 4.16 Å². The fraction of sp³-hybridized carbons (Fsp3) is 0.188. The second-order valence-electron chi connectivity index (χ2n) is 4.76. The van der Waals surface area contributed by atoms with Gasteiger partial charge in [0.25, 0.3) is 0 Å². The lowest BCUT2D eigenvalue weighted by molar-refractivity contribution is 0.0987. The molecule has 2 rings (SSSR count). The average Bonchev–Trinajstić information content (AvgIpc) is 2.48. The van der Waals surface area contributed by atoms with Gasteiger partial charge in [-0.1, -0.05) is 64.0 Å². The van der Waals surface area contributed by atoms with Crippen LogP contribution < -0.4 is 0 Å². The molecule has 0 N–H and O–H groups in total. The van der Waals surface area contributed by atoms with Crippen LogP contribution in [0.5, 0.6) is 0 Å². The molecule has 0 radical (unpaired) electrons. The van der Waals surface area contributed by atoms with E-state index in [1.54, 1.807) is 48.5 Å². The van der Waals surface area contributed by atoms with Crippen molar-refractivity contribution in [3.05, 3.63) is 65.7 Å². The van der Waals surface area contributed by atoms with Gasteiger partial charge < -0.3 is 0 Å². The number of aryl methyl sites for hydroxylation is 1. The maximum Gasteiger partial charge on any atom is 0.191 e. The van der Waals surface area contributed by atoms with Gasteiger partial charge in [-0.2, -0.15) is 0 Å². The van der Waals surface area contributed by atoms with E-state index in [1.165, 1.54) is 0 Å². The highest BCUT2D eigenvalue weighted by molar-refractivity contribution is 9.11.